The van der Waals surface area contributed by atoms with Gasteiger partial charge >= 0.3 is 6.18 Å². The Hall–Kier alpha value is -0.920. The second-order valence-corrected chi connectivity index (χ2v) is 6.72. The van der Waals surface area contributed by atoms with E-state index in [2.05, 4.69) is 15.9 Å². The Morgan fingerprint density at radius 2 is 1.90 bits per heavy atom. The van der Waals surface area contributed by atoms with Crippen LogP contribution in [0.4, 0.5) is 17.6 Å². The van der Waals surface area contributed by atoms with E-state index in [1.807, 2.05) is 13.0 Å². The minimum absolute atomic E-state index is 0.309. The van der Waals surface area contributed by atoms with Crippen molar-refractivity contribution in [3.8, 4) is 0 Å². The molecule has 0 bridgehead atoms. The summed E-state index contributed by atoms with van der Waals surface area (Å²) in [5, 5.41) is 0. The second-order valence-electron chi connectivity index (χ2n) is 4.32. The molecule has 1 unspecified atom stereocenters. The minimum Gasteiger partial charge on any atom is -0.320 e. The van der Waals surface area contributed by atoms with E-state index in [0.717, 1.165) is 26.4 Å². The number of aryl methyl sites for hydroxylation is 1. The number of halogens is 5. The zero-order chi connectivity index (χ0) is 15.1. The van der Waals surface area contributed by atoms with Gasteiger partial charge in [0.05, 0.1) is 15.4 Å². The number of rotatable bonds is 2. The molecule has 0 saturated heterocycles. The molecule has 1 nitrogen and oxygen atoms in total. The molecule has 0 saturated carbocycles. The summed E-state index contributed by atoms with van der Waals surface area (Å²) in [5.74, 6) is -1.31. The maximum atomic E-state index is 13.5. The lowest BCUT2D eigenvalue weighted by Crippen LogP contribution is -2.13. The summed E-state index contributed by atoms with van der Waals surface area (Å²) in [7, 11) is 0. The van der Waals surface area contributed by atoms with E-state index in [9.17, 15) is 17.6 Å². The van der Waals surface area contributed by atoms with E-state index in [1.165, 1.54) is 17.4 Å². The van der Waals surface area contributed by atoms with Gasteiger partial charge in [-0.2, -0.15) is 13.2 Å². The van der Waals surface area contributed by atoms with E-state index in [1.54, 1.807) is 0 Å². The van der Waals surface area contributed by atoms with E-state index >= 15 is 0 Å². The lowest BCUT2D eigenvalue weighted by molar-refractivity contribution is -0.140. The average Bonchev–Trinajstić information content (AvgIpc) is 2.67. The average molecular weight is 368 g/mol. The van der Waals surface area contributed by atoms with Crippen molar-refractivity contribution in [3.05, 3.63) is 55.4 Å². The molecule has 0 radical (unpaired) electrons. The third kappa shape index (κ3) is 3.05. The highest BCUT2D eigenvalue weighted by molar-refractivity contribution is 9.11. The Bertz CT molecular complexity index is 616. The van der Waals surface area contributed by atoms with Gasteiger partial charge in [-0.1, -0.05) is 6.07 Å². The molecule has 0 aliphatic rings. The van der Waals surface area contributed by atoms with Crippen LogP contribution in [-0.2, 0) is 6.18 Å². The third-order valence-corrected chi connectivity index (χ3v) is 5.06. The van der Waals surface area contributed by atoms with Gasteiger partial charge in [0.25, 0.3) is 0 Å². The van der Waals surface area contributed by atoms with Crippen molar-refractivity contribution in [1.29, 1.82) is 0 Å². The topological polar surface area (TPSA) is 26.0 Å². The third-order valence-electron chi connectivity index (χ3n) is 2.84. The van der Waals surface area contributed by atoms with E-state index in [0.29, 0.717) is 5.56 Å². The van der Waals surface area contributed by atoms with Crippen LogP contribution in [0.15, 0.2) is 28.1 Å². The molecule has 2 N–H and O–H groups in total. The molecule has 108 valence electrons. The van der Waals surface area contributed by atoms with Gasteiger partial charge in [0.1, 0.15) is 5.82 Å². The Morgan fingerprint density at radius 1 is 1.25 bits per heavy atom. The van der Waals surface area contributed by atoms with Crippen molar-refractivity contribution in [2.45, 2.75) is 19.1 Å². The molecular formula is C13H10BrF4NS. The number of nitrogens with two attached hydrogens (primary N) is 1. The predicted octanol–water partition coefficient (Wildman–Crippen LogP) is 5.03. The number of alkyl halides is 3. The quantitative estimate of drug-likeness (QED) is 0.740. The lowest BCUT2D eigenvalue weighted by atomic mass is 10.0. The van der Waals surface area contributed by atoms with Crippen LogP contribution in [0.2, 0.25) is 0 Å². The molecule has 1 aromatic carbocycles. The Labute approximate surface area is 125 Å². The van der Waals surface area contributed by atoms with Gasteiger partial charge < -0.3 is 5.73 Å². The summed E-state index contributed by atoms with van der Waals surface area (Å²) in [6.45, 7) is 1.88. The molecule has 1 aromatic heterocycles. The maximum absolute atomic E-state index is 13.5. The summed E-state index contributed by atoms with van der Waals surface area (Å²) >= 11 is 4.73. The number of hydrogen-bond acceptors (Lipinski definition) is 2. The van der Waals surface area contributed by atoms with Crippen LogP contribution in [0.3, 0.4) is 0 Å². The van der Waals surface area contributed by atoms with Crippen LogP contribution in [0, 0.1) is 12.7 Å². The fourth-order valence-corrected chi connectivity index (χ4v) is 3.36. The van der Waals surface area contributed by atoms with Crippen molar-refractivity contribution in [2.75, 3.05) is 0 Å². The molecule has 2 aromatic rings. The van der Waals surface area contributed by atoms with Crippen molar-refractivity contribution < 1.29 is 17.6 Å². The Balaban J connectivity index is 2.36. The minimum atomic E-state index is -4.70. The molecule has 7 heteroatoms. The number of thiophene rings is 1. The molecule has 0 amide bonds. The fraction of sp³-hybridized carbons (Fsp3) is 0.231. The first-order chi connectivity index (χ1) is 9.20. The molecule has 0 spiro atoms. The lowest BCUT2D eigenvalue weighted by Gasteiger charge is -2.13. The molecule has 0 fully saturated rings. The first-order valence-electron chi connectivity index (χ1n) is 5.58. The van der Waals surface area contributed by atoms with Crippen LogP contribution >= 0.6 is 27.3 Å². The highest BCUT2D eigenvalue weighted by Crippen LogP contribution is 2.36. The van der Waals surface area contributed by atoms with E-state index < -0.39 is 23.6 Å². The van der Waals surface area contributed by atoms with Crippen LogP contribution in [-0.4, -0.2) is 0 Å². The van der Waals surface area contributed by atoms with Gasteiger partial charge in [0.2, 0.25) is 0 Å². The van der Waals surface area contributed by atoms with Gasteiger partial charge in [-0.15, -0.1) is 11.3 Å². The summed E-state index contributed by atoms with van der Waals surface area (Å²) in [6.07, 6.45) is -4.70. The van der Waals surface area contributed by atoms with Crippen molar-refractivity contribution in [2.24, 2.45) is 5.73 Å². The second kappa shape index (κ2) is 5.46. The highest BCUT2D eigenvalue weighted by Gasteiger charge is 2.34. The molecule has 1 heterocycles. The summed E-state index contributed by atoms with van der Waals surface area (Å²) in [5.41, 5.74) is 5.98. The van der Waals surface area contributed by atoms with Crippen LogP contribution in [0.1, 0.15) is 27.6 Å². The Morgan fingerprint density at radius 3 is 2.35 bits per heavy atom. The SMILES string of the molecule is Cc1cc(C(N)c2ccc(C(F)(F)F)c(F)c2)sc1Br. The van der Waals surface area contributed by atoms with Crippen molar-refractivity contribution >= 4 is 27.3 Å². The smallest absolute Gasteiger partial charge is 0.320 e. The van der Waals surface area contributed by atoms with Crippen LogP contribution < -0.4 is 5.73 Å². The zero-order valence-electron chi connectivity index (χ0n) is 10.3. The first-order valence-corrected chi connectivity index (χ1v) is 7.19. The summed E-state index contributed by atoms with van der Waals surface area (Å²) < 4.78 is 51.9. The molecule has 0 aliphatic heterocycles. The van der Waals surface area contributed by atoms with Gasteiger partial charge in [0, 0.05) is 4.88 Å². The normalized spacial score (nSPS) is 13.6. The first kappa shape index (κ1) is 15.5. The van der Waals surface area contributed by atoms with Crippen LogP contribution in [0.25, 0.3) is 0 Å². The van der Waals surface area contributed by atoms with Gasteiger partial charge in [-0.3, -0.25) is 0 Å². The Kier molecular flexibility index (Phi) is 4.22. The fourth-order valence-electron chi connectivity index (χ4n) is 1.76. The zero-order valence-corrected chi connectivity index (χ0v) is 12.7. The summed E-state index contributed by atoms with van der Waals surface area (Å²) in [6, 6.07) is 3.95. The summed E-state index contributed by atoms with van der Waals surface area (Å²) in [4.78, 5) is 0.758. The number of hydrogen-bond donors (Lipinski definition) is 1. The van der Waals surface area contributed by atoms with Crippen LogP contribution in [0.5, 0.6) is 0 Å². The molecule has 1 atom stereocenters. The van der Waals surface area contributed by atoms with Gasteiger partial charge in [-0.25, -0.2) is 4.39 Å². The monoisotopic (exact) mass is 367 g/mol. The van der Waals surface area contributed by atoms with Gasteiger partial charge in [-0.05, 0) is 52.2 Å². The van der Waals surface area contributed by atoms with Gasteiger partial charge in [0.15, 0.2) is 0 Å². The standard InChI is InChI=1S/C13H10BrF4NS/c1-6-4-10(20-12(6)14)11(19)7-2-3-8(9(15)5-7)13(16,17)18/h2-5,11H,19H2,1H3. The largest absolute Gasteiger partial charge is 0.419 e. The molecular weight excluding hydrogens is 358 g/mol. The van der Waals surface area contributed by atoms with Crippen molar-refractivity contribution in [1.82, 2.24) is 0 Å². The molecule has 20 heavy (non-hydrogen) atoms. The maximum Gasteiger partial charge on any atom is 0.419 e. The molecule has 0 aliphatic carbocycles. The molecule has 2 rings (SSSR count). The highest BCUT2D eigenvalue weighted by atomic mass is 79.9. The van der Waals surface area contributed by atoms with Crippen molar-refractivity contribution in [3.63, 3.8) is 0 Å². The number of benzene rings is 1. The predicted molar refractivity (Wildman–Crippen MR) is 74.2 cm³/mol. The van der Waals surface area contributed by atoms with E-state index in [4.69, 9.17) is 5.73 Å². The van der Waals surface area contributed by atoms with E-state index in [-0.39, 0.29) is 0 Å².